The maximum absolute atomic E-state index is 15.2. The molecule has 2 heterocycles. The number of carbonyl (C=O) groups is 1. The smallest absolute Gasteiger partial charge is 0.239 e. The molecule has 2 N–H and O–H groups in total. The Hall–Kier alpha value is -4.58. The van der Waals surface area contributed by atoms with Crippen molar-refractivity contribution >= 4 is 11.6 Å². The summed E-state index contributed by atoms with van der Waals surface area (Å²) in [6.07, 6.45) is 19.6. The molecule has 3 aromatic rings. The Morgan fingerprint density at radius 1 is 0.941 bits per heavy atom. The summed E-state index contributed by atoms with van der Waals surface area (Å²) < 4.78 is 35.7. The Kier molecular flexibility index (Phi) is 20.1. The summed E-state index contributed by atoms with van der Waals surface area (Å²) in [6.45, 7) is 15.1. The van der Waals surface area contributed by atoms with E-state index in [0.717, 1.165) is 85.2 Å². The molecule has 0 bridgehead atoms. The maximum Gasteiger partial charge on any atom is 0.239 e. The van der Waals surface area contributed by atoms with E-state index in [9.17, 15) is 14.6 Å². The van der Waals surface area contributed by atoms with Crippen LogP contribution in [0.5, 0.6) is 11.5 Å². The fourth-order valence-electron chi connectivity index (χ4n) is 10.7. The third-order valence-corrected chi connectivity index (χ3v) is 13.9. The van der Waals surface area contributed by atoms with Gasteiger partial charge in [-0.1, -0.05) is 107 Å². The van der Waals surface area contributed by atoms with Gasteiger partial charge in [-0.3, -0.25) is 9.78 Å². The topological polar surface area (TPSA) is 123 Å². The summed E-state index contributed by atoms with van der Waals surface area (Å²) in [5, 5.41) is 25.1. The molecule has 10 nitrogen and oxygen atoms in total. The zero-order chi connectivity index (χ0) is 48.5. The number of nitrogens with zero attached hydrogens (tertiary/aromatic N) is 3. The van der Waals surface area contributed by atoms with Gasteiger partial charge in [-0.05, 0) is 125 Å². The molecule has 6 atom stereocenters. The van der Waals surface area contributed by atoms with Crippen LogP contribution in [-0.4, -0.2) is 69.0 Å². The Morgan fingerprint density at radius 3 is 2.32 bits per heavy atom. The number of fused-ring (bicyclic) bond motifs is 2. The third kappa shape index (κ3) is 14.0. The highest BCUT2D eigenvalue weighted by Crippen LogP contribution is 2.62. The van der Waals surface area contributed by atoms with Crippen molar-refractivity contribution in [1.82, 2.24) is 9.88 Å². The molecule has 6 unspecified atom stereocenters. The molecular weight excluding hydrogens is 858 g/mol. The second-order valence-electron chi connectivity index (χ2n) is 20.3. The van der Waals surface area contributed by atoms with E-state index in [2.05, 4.69) is 30.6 Å². The fourth-order valence-corrected chi connectivity index (χ4v) is 10.7. The Labute approximate surface area is 406 Å². The number of aliphatic hydroxyl groups is 2. The normalized spacial score (nSPS) is 22.4. The summed E-state index contributed by atoms with van der Waals surface area (Å²) >= 11 is 0. The molecule has 1 saturated carbocycles. The summed E-state index contributed by atoms with van der Waals surface area (Å²) in [4.78, 5) is 28.1. The largest absolute Gasteiger partial charge is 0.487 e. The first kappa shape index (κ1) is 52.8. The van der Waals surface area contributed by atoms with Crippen molar-refractivity contribution in [3.63, 3.8) is 0 Å². The number of allylic oxidation sites excluding steroid dienone is 1. The molecule has 3 aliphatic rings. The van der Waals surface area contributed by atoms with E-state index in [1.54, 1.807) is 18.2 Å². The van der Waals surface area contributed by atoms with Crippen molar-refractivity contribution < 1.29 is 38.4 Å². The quantitative estimate of drug-likeness (QED) is 0.0419. The molecule has 6 rings (SSSR count). The summed E-state index contributed by atoms with van der Waals surface area (Å²) in [7, 11) is 0. The fraction of sp³-hybridized carbons (Fsp3) is 0.596. The number of halogens is 1. The number of amides is 1. The van der Waals surface area contributed by atoms with Crippen molar-refractivity contribution in [2.24, 2.45) is 22.9 Å². The second kappa shape index (κ2) is 25.9. The van der Waals surface area contributed by atoms with Gasteiger partial charge in [-0.15, -0.1) is 6.58 Å². The van der Waals surface area contributed by atoms with Crippen LogP contribution < -0.4 is 9.47 Å². The van der Waals surface area contributed by atoms with Crippen molar-refractivity contribution in [2.75, 3.05) is 19.8 Å². The van der Waals surface area contributed by atoms with Crippen LogP contribution in [0.3, 0.4) is 0 Å². The first-order valence-electron chi connectivity index (χ1n) is 25.8. The number of pyridine rings is 1. The van der Waals surface area contributed by atoms with E-state index in [4.69, 9.17) is 24.2 Å². The molecule has 1 fully saturated rings. The van der Waals surface area contributed by atoms with Crippen LogP contribution in [-0.2, 0) is 27.5 Å². The summed E-state index contributed by atoms with van der Waals surface area (Å²) in [5.74, 6) is -0.963. The first-order valence-corrected chi connectivity index (χ1v) is 25.8. The Morgan fingerprint density at radius 2 is 1.65 bits per heavy atom. The number of ether oxygens (including phenoxy) is 3. The van der Waals surface area contributed by atoms with Crippen LogP contribution in [0.25, 0.3) is 0 Å². The van der Waals surface area contributed by atoms with Gasteiger partial charge in [0.2, 0.25) is 11.7 Å². The number of aromatic nitrogens is 1. The molecule has 0 saturated heterocycles. The minimum Gasteiger partial charge on any atom is -0.487 e. The average molecular weight is 938 g/mol. The van der Waals surface area contributed by atoms with Gasteiger partial charge in [-0.2, -0.15) is 0 Å². The zero-order valence-corrected chi connectivity index (χ0v) is 41.7. The molecule has 0 radical (unpaired) electrons. The maximum atomic E-state index is 15.2. The standard InChI is InChI=1S/C57H80FN3O7/c1-7-9-10-11-12-13-14-15-16-26-53(64)61(39-42-27-29-44(58)30-28-42)52-38-50(60-68-56(4,5)6)48-36-43(23-17-19-33-62)47(25-18-20-34-63)54-49-37-46(65-40-45-24-21-22-41(3)59-45)31-32-51(49)67-57(52,55(48)54)66-35-8-2/h8,21-22,24,27-32,36-37,43,47,52,54-55,62-63H,2,7,9-20,23,25-26,33-35,38-40H2,1,3-6H3. The van der Waals surface area contributed by atoms with E-state index < -0.39 is 23.3 Å². The van der Waals surface area contributed by atoms with E-state index in [1.165, 1.54) is 44.2 Å². The number of carbonyl (C=O) groups excluding carboxylic acids is 1. The van der Waals surface area contributed by atoms with E-state index in [1.807, 2.05) is 62.9 Å². The highest BCUT2D eigenvalue weighted by atomic mass is 19.1. The molecule has 372 valence electrons. The van der Waals surface area contributed by atoms with Crippen LogP contribution in [0.2, 0.25) is 0 Å². The van der Waals surface area contributed by atoms with Crippen LogP contribution in [0, 0.1) is 30.5 Å². The van der Waals surface area contributed by atoms with Crippen LogP contribution >= 0.6 is 0 Å². The minimum absolute atomic E-state index is 0.0241. The Balaban J connectivity index is 1.51. The van der Waals surface area contributed by atoms with E-state index >= 15 is 4.79 Å². The van der Waals surface area contributed by atoms with Gasteiger partial charge < -0.3 is 34.2 Å². The van der Waals surface area contributed by atoms with Crippen molar-refractivity contribution in [3.8, 4) is 11.5 Å². The zero-order valence-electron chi connectivity index (χ0n) is 41.7. The molecule has 0 spiro atoms. The highest BCUT2D eigenvalue weighted by molar-refractivity contribution is 6.03. The van der Waals surface area contributed by atoms with E-state index in [0.29, 0.717) is 37.4 Å². The minimum atomic E-state index is -1.41. The number of unbranched alkanes of at least 4 members (excludes halogenated alkanes) is 10. The van der Waals surface area contributed by atoms with Crippen molar-refractivity contribution in [3.05, 3.63) is 113 Å². The molecule has 1 aromatic heterocycles. The second-order valence-corrected chi connectivity index (χ2v) is 20.3. The molecule has 1 amide bonds. The van der Waals surface area contributed by atoms with Crippen molar-refractivity contribution in [1.29, 1.82) is 0 Å². The number of hydrogen-bond acceptors (Lipinski definition) is 9. The number of aryl methyl sites for hydroxylation is 1. The molecule has 68 heavy (non-hydrogen) atoms. The van der Waals surface area contributed by atoms with Gasteiger partial charge in [0, 0.05) is 49.8 Å². The highest BCUT2D eigenvalue weighted by Gasteiger charge is 2.65. The lowest BCUT2D eigenvalue weighted by molar-refractivity contribution is -0.258. The van der Waals surface area contributed by atoms with Crippen LogP contribution in [0.1, 0.15) is 165 Å². The number of benzene rings is 2. The van der Waals surface area contributed by atoms with Gasteiger partial charge in [0.1, 0.15) is 35.6 Å². The van der Waals surface area contributed by atoms with E-state index in [-0.39, 0.29) is 62.3 Å². The van der Waals surface area contributed by atoms with Crippen LogP contribution in [0.4, 0.5) is 4.39 Å². The summed E-state index contributed by atoms with van der Waals surface area (Å²) in [6, 6.07) is 17.6. The molecule has 2 aromatic carbocycles. The third-order valence-electron chi connectivity index (χ3n) is 13.9. The lowest BCUT2D eigenvalue weighted by Crippen LogP contribution is -2.70. The van der Waals surface area contributed by atoms with Gasteiger partial charge in [0.05, 0.1) is 23.9 Å². The Bertz CT molecular complexity index is 2120. The summed E-state index contributed by atoms with van der Waals surface area (Å²) in [5.41, 5.74) is 4.63. The molecular formula is C57H80FN3O7. The predicted molar refractivity (Wildman–Crippen MR) is 268 cm³/mol. The van der Waals surface area contributed by atoms with Crippen LogP contribution in [0.15, 0.2) is 90.1 Å². The molecule has 1 aliphatic heterocycles. The van der Waals surface area contributed by atoms with Gasteiger partial charge in [0.25, 0.3) is 0 Å². The number of oxime groups is 1. The molecule has 11 heteroatoms. The SMILES string of the molecule is C=CCOC12Oc3ccc(OCc4cccc(C)n4)cc3C3C(CCCCO)C(CCCCO)C=C(C(=NOC(C)(C)C)CC1N(Cc1ccc(F)cc1)C(=O)CCCCCCCCCCC)C32. The lowest BCUT2D eigenvalue weighted by atomic mass is 9.55. The monoisotopic (exact) mass is 938 g/mol. The lowest BCUT2D eigenvalue weighted by Gasteiger charge is -2.60. The van der Waals surface area contributed by atoms with Gasteiger partial charge >= 0.3 is 0 Å². The van der Waals surface area contributed by atoms with Gasteiger partial charge in [-0.25, -0.2) is 4.39 Å². The van der Waals surface area contributed by atoms with Crippen molar-refractivity contribution in [2.45, 2.75) is 180 Å². The number of aliphatic hydroxyl groups excluding tert-OH is 2. The number of hydrogen-bond donors (Lipinski definition) is 2. The average Bonchev–Trinajstić information content (AvgIpc) is 3.32. The number of rotatable bonds is 28. The first-order chi connectivity index (χ1) is 32.9. The molecule has 2 aliphatic carbocycles. The van der Waals surface area contributed by atoms with Gasteiger partial charge in [0.15, 0.2) is 0 Å². The predicted octanol–water partition coefficient (Wildman–Crippen LogP) is 12.5.